The first-order valence-corrected chi connectivity index (χ1v) is 10.1. The van der Waals surface area contributed by atoms with Gasteiger partial charge in [-0.3, -0.25) is 4.79 Å². The molecule has 1 aliphatic carbocycles. The lowest BCUT2D eigenvalue weighted by Gasteiger charge is -2.28. The van der Waals surface area contributed by atoms with Crippen LogP contribution in [-0.4, -0.2) is 47.8 Å². The Morgan fingerprint density at radius 2 is 1.52 bits per heavy atom. The van der Waals surface area contributed by atoms with Crippen LogP contribution in [0.3, 0.4) is 0 Å². The van der Waals surface area contributed by atoms with E-state index in [0.29, 0.717) is 53.9 Å². The van der Waals surface area contributed by atoms with Crippen LogP contribution in [0.1, 0.15) is 11.1 Å². The number of hydrogen-bond acceptors (Lipinski definition) is 8. The maximum absolute atomic E-state index is 12.6. The van der Waals surface area contributed by atoms with Crippen molar-refractivity contribution >= 4 is 5.97 Å². The fraction of sp³-hybridized carbons (Fsp3) is 0.435. The van der Waals surface area contributed by atoms with E-state index >= 15 is 0 Å². The molecule has 164 valence electrons. The van der Waals surface area contributed by atoms with Gasteiger partial charge in [-0.15, -0.1) is 0 Å². The Balaban J connectivity index is 1.87. The van der Waals surface area contributed by atoms with Crippen LogP contribution in [0.2, 0.25) is 0 Å². The van der Waals surface area contributed by atoms with Gasteiger partial charge in [-0.05, 0) is 36.1 Å². The number of carbonyl (C=O) groups excluding carboxylic acids is 1. The minimum Gasteiger partial charge on any atom is -0.493 e. The highest BCUT2D eigenvalue weighted by atomic mass is 16.7. The van der Waals surface area contributed by atoms with Crippen molar-refractivity contribution < 1.29 is 38.0 Å². The normalized spacial score (nSPS) is 20.6. The standard InChI is InChI=1S/C23H24O8/c1-25-15-7-12-6-14-13(9-29-23(14)24)5-11-8-16-20(31-10-30-16)22(28-4)17(11)18(12)21(27-3)19(15)26-2/h7-8,13-14H,5-6,9-10H2,1-4H3/t13-,14-/m0/s1. The Hall–Kier alpha value is -3.29. The molecule has 2 aromatic carbocycles. The Labute approximate surface area is 179 Å². The molecule has 0 amide bonds. The summed E-state index contributed by atoms with van der Waals surface area (Å²) in [6, 6.07) is 3.86. The third kappa shape index (κ3) is 2.85. The molecule has 8 heteroatoms. The van der Waals surface area contributed by atoms with E-state index in [-0.39, 0.29) is 24.6 Å². The molecule has 0 radical (unpaired) electrons. The molecule has 0 aromatic heterocycles. The molecule has 0 saturated carbocycles. The van der Waals surface area contributed by atoms with E-state index in [0.717, 1.165) is 22.3 Å². The van der Waals surface area contributed by atoms with Gasteiger partial charge in [0, 0.05) is 17.0 Å². The molecular formula is C23H24O8. The van der Waals surface area contributed by atoms with Gasteiger partial charge in [0.15, 0.2) is 23.0 Å². The number of carbonyl (C=O) groups is 1. The summed E-state index contributed by atoms with van der Waals surface area (Å²) in [6.07, 6.45) is 1.13. The van der Waals surface area contributed by atoms with Crippen molar-refractivity contribution in [1.29, 1.82) is 0 Å². The third-order valence-corrected chi connectivity index (χ3v) is 6.30. The van der Waals surface area contributed by atoms with Crippen molar-refractivity contribution in [2.24, 2.45) is 11.8 Å². The monoisotopic (exact) mass is 428 g/mol. The lowest BCUT2D eigenvalue weighted by molar-refractivity contribution is -0.141. The van der Waals surface area contributed by atoms with Gasteiger partial charge in [-0.25, -0.2) is 0 Å². The van der Waals surface area contributed by atoms with Crippen LogP contribution < -0.4 is 28.4 Å². The second-order valence-electron chi connectivity index (χ2n) is 7.76. The van der Waals surface area contributed by atoms with Gasteiger partial charge in [0.25, 0.3) is 0 Å². The summed E-state index contributed by atoms with van der Waals surface area (Å²) in [5.41, 5.74) is 3.50. The fourth-order valence-corrected chi connectivity index (χ4v) is 4.91. The van der Waals surface area contributed by atoms with Gasteiger partial charge in [-0.1, -0.05) is 0 Å². The van der Waals surface area contributed by atoms with Crippen LogP contribution in [0.5, 0.6) is 34.5 Å². The Morgan fingerprint density at radius 3 is 2.23 bits per heavy atom. The van der Waals surface area contributed by atoms with Gasteiger partial charge in [0.2, 0.25) is 18.3 Å². The third-order valence-electron chi connectivity index (χ3n) is 6.30. The first kappa shape index (κ1) is 19.7. The number of methoxy groups -OCH3 is 4. The topological polar surface area (TPSA) is 81.7 Å². The number of esters is 1. The first-order valence-electron chi connectivity index (χ1n) is 10.1. The summed E-state index contributed by atoms with van der Waals surface area (Å²) < 4.78 is 39.7. The second kappa shape index (κ2) is 7.44. The quantitative estimate of drug-likeness (QED) is 0.688. The van der Waals surface area contributed by atoms with Crippen molar-refractivity contribution in [2.75, 3.05) is 41.8 Å². The molecule has 2 aliphatic heterocycles. The molecule has 0 N–H and O–H groups in total. The van der Waals surface area contributed by atoms with Crippen LogP contribution in [0.25, 0.3) is 11.1 Å². The van der Waals surface area contributed by atoms with Crippen LogP contribution in [0, 0.1) is 11.8 Å². The molecule has 2 aromatic rings. The lowest BCUT2D eigenvalue weighted by Crippen LogP contribution is -2.23. The summed E-state index contributed by atoms with van der Waals surface area (Å²) in [6.45, 7) is 0.512. The smallest absolute Gasteiger partial charge is 0.309 e. The molecule has 0 bridgehead atoms. The molecule has 0 unspecified atom stereocenters. The van der Waals surface area contributed by atoms with Crippen LogP contribution in [0.4, 0.5) is 0 Å². The van der Waals surface area contributed by atoms with Crippen LogP contribution in [0.15, 0.2) is 12.1 Å². The molecular weight excluding hydrogens is 404 g/mol. The van der Waals surface area contributed by atoms with E-state index < -0.39 is 0 Å². The number of rotatable bonds is 4. The summed E-state index contributed by atoms with van der Waals surface area (Å²) in [7, 11) is 6.33. The molecule has 3 aliphatic rings. The number of ether oxygens (including phenoxy) is 7. The molecule has 2 atom stereocenters. The number of fused-ring (bicyclic) bond motifs is 5. The molecule has 2 heterocycles. The van der Waals surface area contributed by atoms with E-state index in [4.69, 9.17) is 33.2 Å². The Bertz CT molecular complexity index is 1060. The van der Waals surface area contributed by atoms with E-state index in [2.05, 4.69) is 0 Å². The Kier molecular flexibility index (Phi) is 4.72. The highest BCUT2D eigenvalue weighted by Crippen LogP contribution is 2.57. The SMILES string of the molecule is COc1cc2c(c(OC)c1OC)-c1c(cc3c(c1OC)OCO3)C[C@H]1COC(=O)[C@H]1C2. The van der Waals surface area contributed by atoms with Crippen LogP contribution >= 0.6 is 0 Å². The van der Waals surface area contributed by atoms with E-state index in [1.165, 1.54) is 0 Å². The summed E-state index contributed by atoms with van der Waals surface area (Å²) >= 11 is 0. The average Bonchev–Trinajstić information content (AvgIpc) is 3.37. The Morgan fingerprint density at radius 1 is 0.806 bits per heavy atom. The van der Waals surface area contributed by atoms with Crippen LogP contribution in [-0.2, 0) is 22.4 Å². The van der Waals surface area contributed by atoms with E-state index in [1.807, 2.05) is 12.1 Å². The summed E-state index contributed by atoms with van der Waals surface area (Å²) in [4.78, 5) is 12.6. The van der Waals surface area contributed by atoms with Gasteiger partial charge in [0.1, 0.15) is 0 Å². The minimum atomic E-state index is -0.258. The van der Waals surface area contributed by atoms with Crippen molar-refractivity contribution in [3.8, 4) is 45.6 Å². The second-order valence-corrected chi connectivity index (χ2v) is 7.76. The molecule has 1 saturated heterocycles. The number of cyclic esters (lactones) is 1. The first-order chi connectivity index (χ1) is 15.1. The summed E-state index contributed by atoms with van der Waals surface area (Å²) in [5.74, 6) is 2.87. The van der Waals surface area contributed by atoms with Crippen molar-refractivity contribution in [3.05, 3.63) is 23.3 Å². The molecule has 8 nitrogen and oxygen atoms in total. The minimum absolute atomic E-state index is 0.0450. The fourth-order valence-electron chi connectivity index (χ4n) is 4.91. The molecule has 31 heavy (non-hydrogen) atoms. The van der Waals surface area contributed by atoms with E-state index in [9.17, 15) is 4.79 Å². The van der Waals surface area contributed by atoms with Crippen molar-refractivity contribution in [1.82, 2.24) is 0 Å². The lowest BCUT2D eigenvalue weighted by atomic mass is 9.77. The predicted octanol–water partition coefficient (Wildman–Crippen LogP) is 3.00. The number of hydrogen-bond donors (Lipinski definition) is 0. The zero-order valence-corrected chi connectivity index (χ0v) is 17.9. The largest absolute Gasteiger partial charge is 0.493 e. The highest BCUT2D eigenvalue weighted by molar-refractivity contribution is 5.89. The van der Waals surface area contributed by atoms with Gasteiger partial charge in [0.05, 0.1) is 41.0 Å². The maximum Gasteiger partial charge on any atom is 0.309 e. The molecule has 5 rings (SSSR count). The van der Waals surface area contributed by atoms with Crippen molar-refractivity contribution in [3.63, 3.8) is 0 Å². The zero-order chi connectivity index (χ0) is 21.7. The number of benzene rings is 2. The average molecular weight is 428 g/mol. The van der Waals surface area contributed by atoms with Gasteiger partial charge in [-0.2, -0.15) is 0 Å². The van der Waals surface area contributed by atoms with Gasteiger partial charge < -0.3 is 33.2 Å². The summed E-state index contributed by atoms with van der Waals surface area (Å²) in [5, 5.41) is 0. The highest BCUT2D eigenvalue weighted by Gasteiger charge is 2.42. The zero-order valence-electron chi connectivity index (χ0n) is 17.9. The van der Waals surface area contributed by atoms with Crippen molar-refractivity contribution in [2.45, 2.75) is 12.8 Å². The molecule has 1 fully saturated rings. The molecule has 0 spiro atoms. The maximum atomic E-state index is 12.6. The van der Waals surface area contributed by atoms with Gasteiger partial charge >= 0.3 is 5.97 Å². The predicted molar refractivity (Wildman–Crippen MR) is 110 cm³/mol. The van der Waals surface area contributed by atoms with E-state index in [1.54, 1.807) is 28.4 Å².